The van der Waals surface area contributed by atoms with Crippen LogP contribution in [0.15, 0.2) is 18.2 Å². The van der Waals surface area contributed by atoms with Crippen LogP contribution in [0.1, 0.15) is 62.1 Å². The molecule has 130 valence electrons. The summed E-state index contributed by atoms with van der Waals surface area (Å²) in [5.41, 5.74) is 13.2. The van der Waals surface area contributed by atoms with Gasteiger partial charge in [-0.05, 0) is 90.5 Å². The molecule has 0 bridgehead atoms. The number of carbonyl (C=O) groups is 1. The summed E-state index contributed by atoms with van der Waals surface area (Å²) in [5.74, 6) is 1.55. The monoisotopic (exact) mass is 351 g/mol. The van der Waals surface area contributed by atoms with Crippen LogP contribution < -0.4 is 5.73 Å². The van der Waals surface area contributed by atoms with E-state index >= 15 is 0 Å². The van der Waals surface area contributed by atoms with Crippen molar-refractivity contribution in [2.45, 2.75) is 47.0 Å². The molecule has 1 aromatic heterocycles. The van der Waals surface area contributed by atoms with Gasteiger partial charge in [-0.15, -0.1) is 11.3 Å². The molecular formula is C22H25NOS. The number of thiophene rings is 1. The standard InChI is InChI=1S/C22H25NOS/c1-11-8-14(9-12(2)20(11)23)6-7-17(24)21-15-10-16-19(22(16,4)5)18(15)13(3)25-21/h6-9,16,19H,10,23H2,1-5H3/b7-6+/t16-,19-/m1/s1. The van der Waals surface area contributed by atoms with Gasteiger partial charge in [-0.25, -0.2) is 0 Å². The smallest absolute Gasteiger partial charge is 0.196 e. The maximum atomic E-state index is 12.8. The highest BCUT2D eigenvalue weighted by molar-refractivity contribution is 7.14. The summed E-state index contributed by atoms with van der Waals surface area (Å²) in [6.07, 6.45) is 4.72. The predicted molar refractivity (Wildman–Crippen MR) is 106 cm³/mol. The lowest BCUT2D eigenvalue weighted by Crippen LogP contribution is -2.03. The molecule has 1 fully saturated rings. The molecule has 1 heterocycles. The summed E-state index contributed by atoms with van der Waals surface area (Å²) in [6.45, 7) is 10.9. The zero-order chi connectivity index (χ0) is 18.1. The third-order valence-corrected chi connectivity index (χ3v) is 7.46. The van der Waals surface area contributed by atoms with Crippen LogP contribution in [-0.2, 0) is 6.42 Å². The van der Waals surface area contributed by atoms with Gasteiger partial charge in [0.1, 0.15) is 0 Å². The molecule has 1 saturated carbocycles. The van der Waals surface area contributed by atoms with Gasteiger partial charge in [-0.3, -0.25) is 4.79 Å². The zero-order valence-corrected chi connectivity index (χ0v) is 16.4. The number of ketones is 1. The largest absolute Gasteiger partial charge is 0.398 e. The minimum atomic E-state index is 0.139. The van der Waals surface area contributed by atoms with Gasteiger partial charge in [0.05, 0.1) is 4.88 Å². The van der Waals surface area contributed by atoms with E-state index in [0.717, 1.165) is 39.6 Å². The van der Waals surface area contributed by atoms with Crippen LogP contribution in [0.25, 0.3) is 6.08 Å². The Morgan fingerprint density at radius 2 is 1.88 bits per heavy atom. The van der Waals surface area contributed by atoms with Crippen molar-refractivity contribution in [3.63, 3.8) is 0 Å². The van der Waals surface area contributed by atoms with E-state index in [1.54, 1.807) is 17.4 Å². The van der Waals surface area contributed by atoms with Crippen molar-refractivity contribution in [1.29, 1.82) is 0 Å². The fourth-order valence-electron chi connectivity index (χ4n) is 4.68. The molecule has 3 heteroatoms. The Bertz CT molecular complexity index is 909. The Labute approximate surface area is 153 Å². The molecule has 0 spiro atoms. The Balaban J connectivity index is 1.62. The number of allylic oxidation sites excluding steroid dienone is 1. The summed E-state index contributed by atoms with van der Waals surface area (Å²) in [4.78, 5) is 15.1. The van der Waals surface area contributed by atoms with E-state index < -0.39 is 0 Å². The maximum Gasteiger partial charge on any atom is 0.196 e. The first kappa shape index (κ1) is 16.6. The highest BCUT2D eigenvalue weighted by Crippen LogP contribution is 2.71. The van der Waals surface area contributed by atoms with Gasteiger partial charge in [0, 0.05) is 10.6 Å². The van der Waals surface area contributed by atoms with Crippen LogP contribution in [0.3, 0.4) is 0 Å². The third kappa shape index (κ3) is 2.40. The minimum absolute atomic E-state index is 0.139. The first-order valence-electron chi connectivity index (χ1n) is 8.93. The van der Waals surface area contributed by atoms with Gasteiger partial charge in [-0.1, -0.05) is 19.9 Å². The van der Waals surface area contributed by atoms with E-state index in [4.69, 9.17) is 5.73 Å². The number of hydrogen-bond donors (Lipinski definition) is 1. The Hall–Kier alpha value is -1.87. The van der Waals surface area contributed by atoms with Gasteiger partial charge < -0.3 is 5.73 Å². The second-order valence-corrected chi connectivity index (χ2v) is 9.48. The van der Waals surface area contributed by atoms with Gasteiger partial charge in [0.15, 0.2) is 5.78 Å². The fourth-order valence-corrected chi connectivity index (χ4v) is 5.83. The van der Waals surface area contributed by atoms with E-state index in [9.17, 15) is 4.79 Å². The van der Waals surface area contributed by atoms with Crippen LogP contribution in [0.2, 0.25) is 0 Å². The summed E-state index contributed by atoms with van der Waals surface area (Å²) in [7, 11) is 0. The van der Waals surface area contributed by atoms with Crippen LogP contribution >= 0.6 is 11.3 Å². The Kier molecular flexibility index (Phi) is 3.52. The number of aryl methyl sites for hydroxylation is 3. The van der Waals surface area contributed by atoms with Crippen molar-refractivity contribution < 1.29 is 4.79 Å². The van der Waals surface area contributed by atoms with E-state index in [1.165, 1.54) is 16.0 Å². The second-order valence-electron chi connectivity index (χ2n) is 8.26. The number of carbonyl (C=O) groups excluding carboxylic acids is 1. The molecular weight excluding hydrogens is 326 g/mol. The van der Waals surface area contributed by atoms with Crippen LogP contribution in [0.5, 0.6) is 0 Å². The van der Waals surface area contributed by atoms with Gasteiger partial charge >= 0.3 is 0 Å². The number of nitrogen functional groups attached to an aromatic ring is 1. The van der Waals surface area contributed by atoms with Crippen LogP contribution in [0, 0.1) is 32.1 Å². The Morgan fingerprint density at radius 1 is 1.24 bits per heavy atom. The van der Waals surface area contributed by atoms with Crippen molar-refractivity contribution in [2.75, 3.05) is 5.73 Å². The van der Waals surface area contributed by atoms with E-state index in [1.807, 2.05) is 32.1 Å². The first-order chi connectivity index (χ1) is 11.7. The van der Waals surface area contributed by atoms with Gasteiger partial charge in [0.2, 0.25) is 0 Å². The lowest BCUT2D eigenvalue weighted by atomic mass is 9.94. The number of rotatable bonds is 3. The van der Waals surface area contributed by atoms with E-state index in [2.05, 4.69) is 20.8 Å². The number of hydrogen-bond acceptors (Lipinski definition) is 3. The average Bonchev–Trinajstić information content (AvgIpc) is 2.90. The van der Waals surface area contributed by atoms with Crippen LogP contribution in [0.4, 0.5) is 5.69 Å². The van der Waals surface area contributed by atoms with Crippen molar-refractivity contribution in [3.05, 3.63) is 55.8 Å². The van der Waals surface area contributed by atoms with Crippen molar-refractivity contribution in [1.82, 2.24) is 0 Å². The van der Waals surface area contributed by atoms with Crippen LogP contribution in [-0.4, -0.2) is 5.78 Å². The molecule has 0 saturated heterocycles. The number of nitrogens with two attached hydrogens (primary N) is 1. The summed E-state index contributed by atoms with van der Waals surface area (Å²) in [6, 6.07) is 4.07. The molecule has 4 rings (SSSR count). The molecule has 2 N–H and O–H groups in total. The van der Waals surface area contributed by atoms with E-state index in [0.29, 0.717) is 11.3 Å². The fraction of sp³-hybridized carbons (Fsp3) is 0.409. The lowest BCUT2D eigenvalue weighted by Gasteiger charge is -2.09. The lowest BCUT2D eigenvalue weighted by molar-refractivity contribution is 0.105. The summed E-state index contributed by atoms with van der Waals surface area (Å²) >= 11 is 1.68. The Morgan fingerprint density at radius 3 is 2.52 bits per heavy atom. The summed E-state index contributed by atoms with van der Waals surface area (Å²) < 4.78 is 0. The number of benzene rings is 1. The normalized spacial score (nSPS) is 22.9. The number of anilines is 1. The molecule has 0 radical (unpaired) electrons. The van der Waals surface area contributed by atoms with Gasteiger partial charge in [-0.2, -0.15) is 0 Å². The molecule has 2 aliphatic carbocycles. The van der Waals surface area contributed by atoms with Crippen molar-refractivity contribution in [2.24, 2.45) is 11.3 Å². The van der Waals surface area contributed by atoms with Crippen molar-refractivity contribution in [3.8, 4) is 0 Å². The minimum Gasteiger partial charge on any atom is -0.398 e. The number of fused-ring (bicyclic) bond motifs is 3. The van der Waals surface area contributed by atoms with Gasteiger partial charge in [0.25, 0.3) is 0 Å². The molecule has 2 aliphatic rings. The highest BCUT2D eigenvalue weighted by Gasteiger charge is 2.63. The van der Waals surface area contributed by atoms with Crippen molar-refractivity contribution >= 4 is 28.9 Å². The summed E-state index contributed by atoms with van der Waals surface area (Å²) in [5, 5.41) is 0. The molecule has 0 unspecified atom stereocenters. The quantitative estimate of drug-likeness (QED) is 0.454. The molecule has 0 aliphatic heterocycles. The third-order valence-electron chi connectivity index (χ3n) is 6.29. The molecule has 2 atom stereocenters. The molecule has 25 heavy (non-hydrogen) atoms. The topological polar surface area (TPSA) is 43.1 Å². The average molecular weight is 352 g/mol. The SMILES string of the molecule is Cc1cc(/C=C/C(=O)c2sc(C)c3c2C[C@@H]2[C@H]3C2(C)C)cc(C)c1N. The molecule has 2 aromatic rings. The maximum absolute atomic E-state index is 12.8. The molecule has 0 amide bonds. The second kappa shape index (κ2) is 5.31. The predicted octanol–water partition coefficient (Wildman–Crippen LogP) is 5.45. The molecule has 1 aromatic carbocycles. The highest BCUT2D eigenvalue weighted by atomic mass is 32.1. The molecule has 2 nitrogen and oxygen atoms in total. The van der Waals surface area contributed by atoms with E-state index in [-0.39, 0.29) is 5.78 Å². The zero-order valence-electron chi connectivity index (χ0n) is 15.6. The first-order valence-corrected chi connectivity index (χ1v) is 9.74.